The van der Waals surface area contributed by atoms with Crippen LogP contribution in [0.5, 0.6) is 0 Å². The standard InChI is InChI=1S/C20H26O3/c1-4-17-10-8-9-13-19(17)16(3)20(21)22-14-15(2)23-18-11-6-5-7-12-18/h4,8-10,13,15,18H,1,3,5-7,11-12,14H2,2H3. The molecule has 1 aliphatic rings. The Bertz CT molecular complexity index is 556. The Morgan fingerprint density at radius 2 is 2.00 bits per heavy atom. The Morgan fingerprint density at radius 3 is 2.70 bits per heavy atom. The monoisotopic (exact) mass is 314 g/mol. The zero-order valence-electron chi connectivity index (χ0n) is 13.9. The maximum Gasteiger partial charge on any atom is 0.338 e. The van der Waals surface area contributed by atoms with E-state index in [0.717, 1.165) is 24.0 Å². The molecule has 0 aliphatic heterocycles. The molecule has 1 unspecified atom stereocenters. The average Bonchev–Trinajstić information content (AvgIpc) is 2.59. The highest BCUT2D eigenvalue weighted by molar-refractivity contribution is 6.16. The maximum absolute atomic E-state index is 12.2. The van der Waals surface area contributed by atoms with Crippen molar-refractivity contribution in [3.05, 3.63) is 48.6 Å². The van der Waals surface area contributed by atoms with Crippen molar-refractivity contribution < 1.29 is 14.3 Å². The van der Waals surface area contributed by atoms with Gasteiger partial charge in [-0.3, -0.25) is 0 Å². The molecule has 0 heterocycles. The Balaban J connectivity index is 1.83. The molecule has 1 fully saturated rings. The molecule has 0 radical (unpaired) electrons. The fourth-order valence-electron chi connectivity index (χ4n) is 2.91. The van der Waals surface area contributed by atoms with Crippen molar-refractivity contribution in [3.8, 4) is 0 Å². The van der Waals surface area contributed by atoms with E-state index >= 15 is 0 Å². The largest absolute Gasteiger partial charge is 0.459 e. The predicted octanol–water partition coefficient (Wildman–Crippen LogP) is 4.62. The Hall–Kier alpha value is -1.87. The summed E-state index contributed by atoms with van der Waals surface area (Å²) in [5, 5.41) is 0. The molecule has 2 rings (SSSR count). The molecule has 1 aromatic carbocycles. The molecule has 1 atom stereocenters. The van der Waals surface area contributed by atoms with Gasteiger partial charge in [0.1, 0.15) is 6.61 Å². The number of benzene rings is 1. The van der Waals surface area contributed by atoms with Crippen LogP contribution in [-0.2, 0) is 14.3 Å². The van der Waals surface area contributed by atoms with Gasteiger partial charge in [-0.2, -0.15) is 0 Å². The summed E-state index contributed by atoms with van der Waals surface area (Å²) in [7, 11) is 0. The molecule has 23 heavy (non-hydrogen) atoms. The normalized spacial score (nSPS) is 16.6. The Kier molecular flexibility index (Phi) is 6.60. The van der Waals surface area contributed by atoms with Crippen molar-refractivity contribution >= 4 is 17.6 Å². The fourth-order valence-corrected chi connectivity index (χ4v) is 2.91. The fraction of sp³-hybridized carbons (Fsp3) is 0.450. The maximum atomic E-state index is 12.2. The van der Waals surface area contributed by atoms with E-state index in [4.69, 9.17) is 9.47 Å². The summed E-state index contributed by atoms with van der Waals surface area (Å²) < 4.78 is 11.3. The van der Waals surface area contributed by atoms with Crippen LogP contribution in [0.3, 0.4) is 0 Å². The predicted molar refractivity (Wildman–Crippen MR) is 93.9 cm³/mol. The van der Waals surface area contributed by atoms with Gasteiger partial charge >= 0.3 is 5.97 Å². The van der Waals surface area contributed by atoms with Gasteiger partial charge in [0.15, 0.2) is 0 Å². The lowest BCUT2D eigenvalue weighted by Crippen LogP contribution is -2.26. The van der Waals surface area contributed by atoms with E-state index < -0.39 is 5.97 Å². The van der Waals surface area contributed by atoms with E-state index in [1.54, 1.807) is 6.08 Å². The van der Waals surface area contributed by atoms with E-state index in [1.165, 1.54) is 19.3 Å². The summed E-state index contributed by atoms with van der Waals surface area (Å²) in [5.41, 5.74) is 1.99. The molecule has 0 aromatic heterocycles. The average molecular weight is 314 g/mol. The van der Waals surface area contributed by atoms with Gasteiger partial charge in [0, 0.05) is 0 Å². The van der Waals surface area contributed by atoms with Crippen LogP contribution in [0.15, 0.2) is 37.4 Å². The van der Waals surface area contributed by atoms with Gasteiger partial charge in [0.05, 0.1) is 17.8 Å². The third kappa shape index (κ3) is 5.07. The molecule has 3 nitrogen and oxygen atoms in total. The first-order chi connectivity index (χ1) is 11.1. The highest BCUT2D eigenvalue weighted by Crippen LogP contribution is 2.22. The molecule has 1 aliphatic carbocycles. The summed E-state index contributed by atoms with van der Waals surface area (Å²) in [6, 6.07) is 7.52. The number of carbonyl (C=O) groups is 1. The Morgan fingerprint density at radius 1 is 1.30 bits per heavy atom. The molecule has 124 valence electrons. The van der Waals surface area contributed by atoms with Gasteiger partial charge in [-0.1, -0.05) is 62.8 Å². The van der Waals surface area contributed by atoms with Crippen molar-refractivity contribution in [2.24, 2.45) is 0 Å². The number of ether oxygens (including phenoxy) is 2. The van der Waals surface area contributed by atoms with Gasteiger partial charge in [-0.05, 0) is 30.9 Å². The number of hydrogen-bond donors (Lipinski definition) is 0. The first kappa shape index (κ1) is 17.5. The Labute approximate surface area is 139 Å². The van der Waals surface area contributed by atoms with Crippen LogP contribution in [0.1, 0.15) is 50.2 Å². The molecule has 1 saturated carbocycles. The minimum absolute atomic E-state index is 0.0931. The van der Waals surface area contributed by atoms with Crippen molar-refractivity contribution in [1.82, 2.24) is 0 Å². The molecule has 0 spiro atoms. The number of carbonyl (C=O) groups excluding carboxylic acids is 1. The van der Waals surface area contributed by atoms with Crippen LogP contribution in [0.25, 0.3) is 11.6 Å². The van der Waals surface area contributed by atoms with Crippen LogP contribution in [0.4, 0.5) is 0 Å². The molecular formula is C20H26O3. The molecule has 0 bridgehead atoms. The van der Waals surface area contributed by atoms with Crippen LogP contribution in [0.2, 0.25) is 0 Å². The van der Waals surface area contributed by atoms with Crippen molar-refractivity contribution in [2.75, 3.05) is 6.61 Å². The van der Waals surface area contributed by atoms with Crippen LogP contribution >= 0.6 is 0 Å². The molecule has 0 saturated heterocycles. The van der Waals surface area contributed by atoms with Crippen LogP contribution in [0, 0.1) is 0 Å². The summed E-state index contributed by atoms with van der Waals surface area (Å²) >= 11 is 0. The highest BCUT2D eigenvalue weighted by Gasteiger charge is 2.19. The van der Waals surface area contributed by atoms with Gasteiger partial charge in [0.2, 0.25) is 0 Å². The third-order valence-electron chi connectivity index (χ3n) is 4.18. The van der Waals surface area contributed by atoms with Gasteiger partial charge < -0.3 is 9.47 Å². The van der Waals surface area contributed by atoms with E-state index in [-0.39, 0.29) is 12.7 Å². The topological polar surface area (TPSA) is 35.5 Å². The first-order valence-corrected chi connectivity index (χ1v) is 8.35. The first-order valence-electron chi connectivity index (χ1n) is 8.35. The van der Waals surface area contributed by atoms with E-state index in [0.29, 0.717) is 11.7 Å². The summed E-state index contributed by atoms with van der Waals surface area (Å²) in [5.74, 6) is -0.404. The van der Waals surface area contributed by atoms with Crippen molar-refractivity contribution in [2.45, 2.75) is 51.2 Å². The molecular weight excluding hydrogens is 288 g/mol. The molecule has 1 aromatic rings. The summed E-state index contributed by atoms with van der Waals surface area (Å²) in [6.45, 7) is 9.82. The molecule has 3 heteroatoms. The number of esters is 1. The lowest BCUT2D eigenvalue weighted by molar-refractivity contribution is -0.142. The van der Waals surface area contributed by atoms with Crippen molar-refractivity contribution in [1.29, 1.82) is 0 Å². The zero-order chi connectivity index (χ0) is 16.7. The molecule has 0 amide bonds. The van der Waals surface area contributed by atoms with E-state index in [1.807, 2.05) is 31.2 Å². The van der Waals surface area contributed by atoms with Crippen molar-refractivity contribution in [3.63, 3.8) is 0 Å². The third-order valence-corrected chi connectivity index (χ3v) is 4.18. The zero-order valence-corrected chi connectivity index (χ0v) is 13.9. The minimum Gasteiger partial charge on any atom is -0.459 e. The van der Waals surface area contributed by atoms with Crippen LogP contribution < -0.4 is 0 Å². The smallest absolute Gasteiger partial charge is 0.338 e. The van der Waals surface area contributed by atoms with Gasteiger partial charge in [-0.15, -0.1) is 0 Å². The minimum atomic E-state index is -0.404. The second-order valence-electron chi connectivity index (χ2n) is 6.08. The lowest BCUT2D eigenvalue weighted by Gasteiger charge is -2.25. The summed E-state index contributed by atoms with van der Waals surface area (Å²) in [4.78, 5) is 12.2. The highest BCUT2D eigenvalue weighted by atomic mass is 16.6. The van der Waals surface area contributed by atoms with Gasteiger partial charge in [-0.25, -0.2) is 4.79 Å². The van der Waals surface area contributed by atoms with E-state index in [2.05, 4.69) is 13.2 Å². The summed E-state index contributed by atoms with van der Waals surface area (Å²) in [6.07, 6.45) is 7.90. The molecule has 0 N–H and O–H groups in total. The van der Waals surface area contributed by atoms with Crippen LogP contribution in [-0.4, -0.2) is 24.8 Å². The van der Waals surface area contributed by atoms with E-state index in [9.17, 15) is 4.79 Å². The second kappa shape index (κ2) is 8.68. The number of rotatable bonds is 7. The second-order valence-corrected chi connectivity index (χ2v) is 6.08. The van der Waals surface area contributed by atoms with Gasteiger partial charge in [0.25, 0.3) is 0 Å². The number of hydrogen-bond acceptors (Lipinski definition) is 3. The quantitative estimate of drug-likeness (QED) is 0.544. The SMILES string of the molecule is C=Cc1ccccc1C(=C)C(=O)OCC(C)OC1CCCCC1. The lowest BCUT2D eigenvalue weighted by atomic mass is 9.98.